The second kappa shape index (κ2) is 5.59. The summed E-state index contributed by atoms with van der Waals surface area (Å²) in [6, 6.07) is 7.90. The highest BCUT2D eigenvalue weighted by molar-refractivity contribution is 9.10. The average molecular weight is 324 g/mol. The Hall–Kier alpha value is -0.590. The highest BCUT2D eigenvalue weighted by Gasteiger charge is 2.33. The van der Waals surface area contributed by atoms with Gasteiger partial charge in [-0.25, -0.2) is 0 Å². The molecule has 1 saturated carbocycles. The molecule has 0 amide bonds. The molecule has 1 aliphatic rings. The summed E-state index contributed by atoms with van der Waals surface area (Å²) in [4.78, 5) is 4.43. The van der Waals surface area contributed by atoms with Crippen molar-refractivity contribution in [1.82, 2.24) is 5.48 Å². The van der Waals surface area contributed by atoms with Gasteiger partial charge in [-0.15, -0.1) is 0 Å². The van der Waals surface area contributed by atoms with Crippen molar-refractivity contribution in [3.05, 3.63) is 34.3 Å². The van der Waals surface area contributed by atoms with Gasteiger partial charge in [-0.2, -0.15) is 18.7 Å². The van der Waals surface area contributed by atoms with E-state index in [1.807, 2.05) is 24.3 Å². The Morgan fingerprint density at radius 2 is 1.94 bits per heavy atom. The van der Waals surface area contributed by atoms with Crippen molar-refractivity contribution >= 4 is 15.9 Å². The van der Waals surface area contributed by atoms with Gasteiger partial charge in [0.05, 0.1) is 0 Å². The molecule has 1 aromatic carbocycles. The SMILES string of the molecule is FC(F)(F)CONC1CC(c2ccccc2Br)C1. The van der Waals surface area contributed by atoms with Crippen molar-refractivity contribution in [3.8, 4) is 0 Å². The van der Waals surface area contributed by atoms with Crippen LogP contribution in [0.3, 0.4) is 0 Å². The van der Waals surface area contributed by atoms with Crippen molar-refractivity contribution in [2.45, 2.75) is 31.0 Å². The van der Waals surface area contributed by atoms with Crippen molar-refractivity contribution in [3.63, 3.8) is 0 Å². The van der Waals surface area contributed by atoms with Crippen LogP contribution in [0.2, 0.25) is 0 Å². The summed E-state index contributed by atoms with van der Waals surface area (Å²) < 4.78 is 36.6. The molecule has 1 fully saturated rings. The Morgan fingerprint density at radius 1 is 1.28 bits per heavy atom. The first kappa shape index (κ1) is 13.8. The molecular formula is C12H13BrF3NO. The number of halogens is 4. The van der Waals surface area contributed by atoms with E-state index < -0.39 is 12.8 Å². The molecule has 1 aliphatic carbocycles. The average Bonchev–Trinajstić information content (AvgIpc) is 2.21. The van der Waals surface area contributed by atoms with Crippen LogP contribution in [-0.4, -0.2) is 18.8 Å². The van der Waals surface area contributed by atoms with Crippen molar-refractivity contribution < 1.29 is 18.0 Å². The third kappa shape index (κ3) is 3.70. The van der Waals surface area contributed by atoms with Gasteiger partial charge in [-0.3, -0.25) is 4.84 Å². The summed E-state index contributed by atoms with van der Waals surface area (Å²) >= 11 is 3.47. The molecule has 0 aliphatic heterocycles. The summed E-state index contributed by atoms with van der Waals surface area (Å²) in [5, 5.41) is 0. The van der Waals surface area contributed by atoms with Gasteiger partial charge in [0.15, 0.2) is 6.61 Å². The van der Waals surface area contributed by atoms with Crippen LogP contribution in [-0.2, 0) is 4.84 Å². The predicted molar refractivity (Wildman–Crippen MR) is 65.0 cm³/mol. The van der Waals surface area contributed by atoms with Crippen LogP contribution in [0.4, 0.5) is 13.2 Å². The minimum Gasteiger partial charge on any atom is -0.292 e. The van der Waals surface area contributed by atoms with Crippen LogP contribution in [0, 0.1) is 0 Å². The van der Waals surface area contributed by atoms with Gasteiger partial charge in [0.25, 0.3) is 0 Å². The number of nitrogens with one attached hydrogen (secondary N) is 1. The number of alkyl halides is 3. The normalized spacial score (nSPS) is 23.8. The quantitative estimate of drug-likeness (QED) is 0.851. The molecule has 2 nitrogen and oxygen atoms in total. The van der Waals surface area contributed by atoms with Crippen molar-refractivity contribution in [1.29, 1.82) is 0 Å². The Bertz CT molecular complexity index is 405. The molecule has 0 bridgehead atoms. The van der Waals surface area contributed by atoms with E-state index in [2.05, 4.69) is 26.2 Å². The molecule has 1 N–H and O–H groups in total. The lowest BCUT2D eigenvalue weighted by atomic mass is 9.76. The van der Waals surface area contributed by atoms with Gasteiger partial charge in [0.2, 0.25) is 0 Å². The molecule has 6 heteroatoms. The zero-order valence-electron chi connectivity index (χ0n) is 9.51. The van der Waals surface area contributed by atoms with Crippen LogP contribution in [0.15, 0.2) is 28.7 Å². The molecule has 0 unspecified atom stereocenters. The predicted octanol–water partition coefficient (Wildman–Crippen LogP) is 3.78. The Kier molecular flexibility index (Phi) is 4.29. The largest absolute Gasteiger partial charge is 0.413 e. The van der Waals surface area contributed by atoms with Gasteiger partial charge >= 0.3 is 6.18 Å². The van der Waals surface area contributed by atoms with E-state index in [0.29, 0.717) is 5.92 Å². The first-order chi connectivity index (χ1) is 8.46. The van der Waals surface area contributed by atoms with Crippen molar-refractivity contribution in [2.75, 3.05) is 6.61 Å². The van der Waals surface area contributed by atoms with Gasteiger partial charge in [-0.05, 0) is 30.4 Å². The van der Waals surface area contributed by atoms with Crippen LogP contribution < -0.4 is 5.48 Å². The standard InChI is InChI=1S/C12H13BrF3NO/c13-11-4-2-1-3-10(11)8-5-9(6-8)17-18-7-12(14,15)16/h1-4,8-9,17H,5-7H2. The van der Waals surface area contributed by atoms with Crippen LogP contribution in [0.5, 0.6) is 0 Å². The minimum absolute atomic E-state index is 0.00413. The van der Waals surface area contributed by atoms with E-state index >= 15 is 0 Å². The molecule has 0 atom stereocenters. The minimum atomic E-state index is -4.28. The topological polar surface area (TPSA) is 21.3 Å². The lowest BCUT2D eigenvalue weighted by Crippen LogP contribution is -2.41. The van der Waals surface area contributed by atoms with E-state index in [1.54, 1.807) is 0 Å². The van der Waals surface area contributed by atoms with Crippen LogP contribution in [0.1, 0.15) is 24.3 Å². The summed E-state index contributed by atoms with van der Waals surface area (Å²) in [6.45, 7) is -1.25. The van der Waals surface area contributed by atoms with Gasteiger partial charge in [0, 0.05) is 10.5 Å². The summed E-state index contributed by atoms with van der Waals surface area (Å²) in [7, 11) is 0. The maximum absolute atomic E-state index is 11.9. The fourth-order valence-corrected chi connectivity index (χ4v) is 2.62. The maximum atomic E-state index is 11.9. The third-order valence-electron chi connectivity index (χ3n) is 2.97. The van der Waals surface area contributed by atoms with E-state index in [4.69, 9.17) is 0 Å². The highest BCUT2D eigenvalue weighted by Crippen LogP contribution is 2.39. The number of benzene rings is 1. The molecule has 0 spiro atoms. The van der Waals surface area contributed by atoms with Crippen LogP contribution in [0.25, 0.3) is 0 Å². The number of rotatable bonds is 4. The Balaban J connectivity index is 1.73. The number of hydrogen-bond donors (Lipinski definition) is 1. The van der Waals surface area contributed by atoms with Gasteiger partial charge in [-0.1, -0.05) is 34.1 Å². The Morgan fingerprint density at radius 3 is 2.56 bits per heavy atom. The Labute approximate surface area is 112 Å². The van der Waals surface area contributed by atoms with Crippen molar-refractivity contribution in [2.24, 2.45) is 0 Å². The first-order valence-electron chi connectivity index (χ1n) is 5.64. The van der Waals surface area contributed by atoms with Crippen LogP contribution >= 0.6 is 15.9 Å². The molecule has 18 heavy (non-hydrogen) atoms. The molecule has 0 aromatic heterocycles. The highest BCUT2D eigenvalue weighted by atomic mass is 79.9. The third-order valence-corrected chi connectivity index (χ3v) is 3.69. The molecule has 2 rings (SSSR count). The zero-order chi connectivity index (χ0) is 13.2. The number of hydrogen-bond acceptors (Lipinski definition) is 2. The van der Waals surface area contributed by atoms with E-state index in [1.165, 1.54) is 5.56 Å². The monoisotopic (exact) mass is 323 g/mol. The molecular weight excluding hydrogens is 311 g/mol. The number of hydroxylamine groups is 1. The first-order valence-corrected chi connectivity index (χ1v) is 6.43. The fourth-order valence-electron chi connectivity index (χ4n) is 2.02. The lowest BCUT2D eigenvalue weighted by molar-refractivity contribution is -0.195. The lowest BCUT2D eigenvalue weighted by Gasteiger charge is -2.36. The summed E-state index contributed by atoms with van der Waals surface area (Å²) in [5.74, 6) is 0.382. The van der Waals surface area contributed by atoms with E-state index in [0.717, 1.165) is 17.3 Å². The molecule has 100 valence electrons. The molecule has 1 aromatic rings. The molecule has 0 saturated heterocycles. The van der Waals surface area contributed by atoms with Gasteiger partial charge in [0.1, 0.15) is 0 Å². The molecule has 0 heterocycles. The van der Waals surface area contributed by atoms with E-state index in [9.17, 15) is 13.2 Å². The van der Waals surface area contributed by atoms with Gasteiger partial charge < -0.3 is 0 Å². The second-order valence-corrected chi connectivity index (χ2v) is 5.26. The summed E-state index contributed by atoms with van der Waals surface area (Å²) in [5.41, 5.74) is 3.66. The zero-order valence-corrected chi connectivity index (χ0v) is 11.1. The van der Waals surface area contributed by atoms with E-state index in [-0.39, 0.29) is 6.04 Å². The maximum Gasteiger partial charge on any atom is 0.413 e. The fraction of sp³-hybridized carbons (Fsp3) is 0.500. The smallest absolute Gasteiger partial charge is 0.292 e. The second-order valence-electron chi connectivity index (χ2n) is 4.41. The summed E-state index contributed by atoms with van der Waals surface area (Å²) in [6.07, 6.45) is -2.69. The molecule has 0 radical (unpaired) electrons.